The van der Waals surface area contributed by atoms with Crippen molar-refractivity contribution < 1.29 is 19.7 Å². The summed E-state index contributed by atoms with van der Waals surface area (Å²) in [6, 6.07) is 11.9. The highest BCUT2D eigenvalue weighted by atomic mass is 16.5. The number of carbonyl (C=O) groups is 1. The molecule has 0 saturated heterocycles. The molecule has 30 heavy (non-hydrogen) atoms. The maximum Gasteiger partial charge on any atom is 0.335 e. The van der Waals surface area contributed by atoms with Crippen LogP contribution in [0.15, 0.2) is 36.4 Å². The van der Waals surface area contributed by atoms with Crippen molar-refractivity contribution in [3.63, 3.8) is 0 Å². The molecule has 4 nitrogen and oxygen atoms in total. The molecule has 2 atom stereocenters. The van der Waals surface area contributed by atoms with E-state index in [0.29, 0.717) is 18.1 Å². The molecule has 2 rings (SSSR count). The SMILES string of the molecule is Cc1cc(C(C)CCCc2ccc(C(=O)O)c(C)c2)ccc1OCC(O)C(C)(C)C. The third-order valence-corrected chi connectivity index (χ3v) is 5.79. The zero-order valence-corrected chi connectivity index (χ0v) is 19.2. The van der Waals surface area contributed by atoms with Crippen molar-refractivity contribution in [2.24, 2.45) is 5.41 Å². The first-order valence-electron chi connectivity index (χ1n) is 10.7. The van der Waals surface area contributed by atoms with Crippen LogP contribution in [0.25, 0.3) is 0 Å². The summed E-state index contributed by atoms with van der Waals surface area (Å²) < 4.78 is 5.84. The molecule has 0 aliphatic carbocycles. The molecule has 0 aliphatic heterocycles. The van der Waals surface area contributed by atoms with Crippen LogP contribution in [0.3, 0.4) is 0 Å². The summed E-state index contributed by atoms with van der Waals surface area (Å²) in [4.78, 5) is 11.1. The van der Waals surface area contributed by atoms with Gasteiger partial charge in [0.15, 0.2) is 0 Å². The van der Waals surface area contributed by atoms with Crippen LogP contribution >= 0.6 is 0 Å². The van der Waals surface area contributed by atoms with Crippen molar-refractivity contribution in [3.8, 4) is 5.75 Å². The Balaban J connectivity index is 1.90. The van der Waals surface area contributed by atoms with Crippen molar-refractivity contribution >= 4 is 5.97 Å². The fourth-order valence-corrected chi connectivity index (χ4v) is 3.46. The molecule has 0 bridgehead atoms. The van der Waals surface area contributed by atoms with Gasteiger partial charge in [0.2, 0.25) is 0 Å². The molecule has 4 heteroatoms. The minimum absolute atomic E-state index is 0.200. The number of hydrogen-bond donors (Lipinski definition) is 2. The van der Waals surface area contributed by atoms with E-state index in [0.717, 1.165) is 36.1 Å². The number of aliphatic hydroxyl groups excluding tert-OH is 1. The van der Waals surface area contributed by atoms with Gasteiger partial charge in [0.25, 0.3) is 0 Å². The van der Waals surface area contributed by atoms with Crippen LogP contribution in [0.2, 0.25) is 0 Å². The van der Waals surface area contributed by atoms with Crippen molar-refractivity contribution in [3.05, 3.63) is 64.2 Å². The van der Waals surface area contributed by atoms with E-state index >= 15 is 0 Å². The molecule has 0 spiro atoms. The highest BCUT2D eigenvalue weighted by Crippen LogP contribution is 2.28. The molecule has 164 valence electrons. The number of ether oxygens (including phenoxy) is 1. The van der Waals surface area contributed by atoms with Gasteiger partial charge in [-0.3, -0.25) is 0 Å². The number of benzene rings is 2. The van der Waals surface area contributed by atoms with Crippen LogP contribution in [0.1, 0.15) is 79.1 Å². The lowest BCUT2D eigenvalue weighted by Crippen LogP contribution is -2.32. The lowest BCUT2D eigenvalue weighted by molar-refractivity contribution is 0.0216. The maximum atomic E-state index is 11.1. The van der Waals surface area contributed by atoms with Crippen LogP contribution < -0.4 is 4.74 Å². The van der Waals surface area contributed by atoms with E-state index < -0.39 is 12.1 Å². The zero-order chi connectivity index (χ0) is 22.5. The average molecular weight is 413 g/mol. The molecule has 0 heterocycles. The van der Waals surface area contributed by atoms with Crippen LogP contribution in [-0.2, 0) is 6.42 Å². The standard InChI is InChI=1S/C26H36O4/c1-17(8-7-9-20-10-12-22(25(28)29)18(2)14-20)21-11-13-23(19(3)15-21)30-16-24(27)26(4,5)6/h10-15,17,24,27H,7-9,16H2,1-6H3,(H,28,29). The number of carboxylic acids is 1. The number of hydrogen-bond acceptors (Lipinski definition) is 3. The maximum absolute atomic E-state index is 11.1. The van der Waals surface area contributed by atoms with Gasteiger partial charge in [0, 0.05) is 0 Å². The Bertz CT molecular complexity index is 864. The van der Waals surface area contributed by atoms with Gasteiger partial charge in [0.1, 0.15) is 12.4 Å². The number of aryl methyl sites for hydroxylation is 3. The van der Waals surface area contributed by atoms with E-state index in [4.69, 9.17) is 9.84 Å². The smallest absolute Gasteiger partial charge is 0.335 e. The van der Waals surface area contributed by atoms with Gasteiger partial charge in [-0.15, -0.1) is 0 Å². The molecule has 0 fully saturated rings. The second-order valence-electron chi connectivity index (χ2n) is 9.47. The number of aromatic carboxylic acids is 1. The zero-order valence-electron chi connectivity index (χ0n) is 19.2. The van der Waals surface area contributed by atoms with E-state index in [9.17, 15) is 9.90 Å². The third-order valence-electron chi connectivity index (χ3n) is 5.79. The van der Waals surface area contributed by atoms with Gasteiger partial charge in [-0.2, -0.15) is 0 Å². The van der Waals surface area contributed by atoms with E-state index in [1.807, 2.05) is 52.8 Å². The molecule has 0 aliphatic rings. The Morgan fingerprint density at radius 3 is 2.33 bits per heavy atom. The molecule has 0 aromatic heterocycles. The summed E-state index contributed by atoms with van der Waals surface area (Å²) >= 11 is 0. The highest BCUT2D eigenvalue weighted by Gasteiger charge is 2.23. The molecule has 0 radical (unpaired) electrons. The summed E-state index contributed by atoms with van der Waals surface area (Å²) in [5.41, 5.74) is 4.54. The average Bonchev–Trinajstić information content (AvgIpc) is 2.65. The Morgan fingerprint density at radius 2 is 1.77 bits per heavy atom. The van der Waals surface area contributed by atoms with E-state index in [-0.39, 0.29) is 5.41 Å². The van der Waals surface area contributed by atoms with E-state index in [1.54, 1.807) is 6.07 Å². The highest BCUT2D eigenvalue weighted by molar-refractivity contribution is 5.89. The lowest BCUT2D eigenvalue weighted by atomic mass is 9.90. The van der Waals surface area contributed by atoms with Gasteiger partial charge < -0.3 is 14.9 Å². The Hall–Kier alpha value is -2.33. The second-order valence-corrected chi connectivity index (χ2v) is 9.47. The monoisotopic (exact) mass is 412 g/mol. The van der Waals surface area contributed by atoms with Crippen molar-refractivity contribution in [2.75, 3.05) is 6.61 Å². The third kappa shape index (κ3) is 6.60. The molecular weight excluding hydrogens is 376 g/mol. The largest absolute Gasteiger partial charge is 0.491 e. The fourth-order valence-electron chi connectivity index (χ4n) is 3.46. The van der Waals surface area contributed by atoms with E-state index in [2.05, 4.69) is 19.1 Å². The summed E-state index contributed by atoms with van der Waals surface area (Å²) in [6.07, 6.45) is 2.53. The molecule has 2 N–H and O–H groups in total. The van der Waals surface area contributed by atoms with Gasteiger partial charge in [-0.1, -0.05) is 52.0 Å². The van der Waals surface area contributed by atoms with E-state index in [1.165, 1.54) is 11.1 Å². The van der Waals surface area contributed by atoms with Gasteiger partial charge in [-0.05, 0) is 78.8 Å². The van der Waals surface area contributed by atoms with Gasteiger partial charge in [-0.25, -0.2) is 4.79 Å². The first-order chi connectivity index (χ1) is 14.0. The summed E-state index contributed by atoms with van der Waals surface area (Å²) in [5.74, 6) is 0.379. The fraction of sp³-hybridized carbons (Fsp3) is 0.500. The predicted molar refractivity (Wildman–Crippen MR) is 122 cm³/mol. The van der Waals surface area contributed by atoms with Crippen LogP contribution in [0.5, 0.6) is 5.75 Å². The molecule has 2 unspecified atom stereocenters. The van der Waals surface area contributed by atoms with Crippen molar-refractivity contribution in [2.45, 2.75) is 72.8 Å². The molecule has 2 aromatic carbocycles. The normalized spacial score (nSPS) is 13.7. The Morgan fingerprint density at radius 1 is 1.07 bits per heavy atom. The minimum Gasteiger partial charge on any atom is -0.491 e. The molecule has 0 amide bonds. The summed E-state index contributed by atoms with van der Waals surface area (Å²) in [6.45, 7) is 12.4. The van der Waals surface area contributed by atoms with Crippen molar-refractivity contribution in [1.29, 1.82) is 0 Å². The molecular formula is C26H36O4. The van der Waals surface area contributed by atoms with Gasteiger partial charge in [0.05, 0.1) is 11.7 Å². The summed E-state index contributed by atoms with van der Waals surface area (Å²) in [7, 11) is 0. The molecule has 0 saturated carbocycles. The van der Waals surface area contributed by atoms with Crippen molar-refractivity contribution in [1.82, 2.24) is 0 Å². The first kappa shape index (κ1) is 23.9. The Labute approximate surface area is 180 Å². The van der Waals surface area contributed by atoms with Crippen LogP contribution in [0, 0.1) is 19.3 Å². The minimum atomic E-state index is -0.872. The number of carboxylic acid groups (broad SMARTS) is 1. The summed E-state index contributed by atoms with van der Waals surface area (Å²) in [5, 5.41) is 19.3. The van der Waals surface area contributed by atoms with Gasteiger partial charge >= 0.3 is 5.97 Å². The predicted octanol–water partition coefficient (Wildman–Crippen LogP) is 5.91. The number of aliphatic hydroxyl groups is 1. The Kier molecular flexibility index (Phi) is 8.08. The molecule has 2 aromatic rings. The quantitative estimate of drug-likeness (QED) is 0.537. The topological polar surface area (TPSA) is 66.8 Å². The first-order valence-corrected chi connectivity index (χ1v) is 10.7. The van der Waals surface area contributed by atoms with Crippen LogP contribution in [-0.4, -0.2) is 28.9 Å². The number of rotatable bonds is 9. The second kappa shape index (κ2) is 10.1. The van der Waals surface area contributed by atoms with Crippen LogP contribution in [0.4, 0.5) is 0 Å². The lowest BCUT2D eigenvalue weighted by Gasteiger charge is -2.26.